The van der Waals surface area contributed by atoms with Gasteiger partial charge in [0.2, 0.25) is 0 Å². The van der Waals surface area contributed by atoms with E-state index in [0.29, 0.717) is 0 Å². The standard InChI is InChI=1S/C14H30N2/c1-4-8-13(3)12-16-10-7-6-9-14(16)11-15-5-2/h13-15H,4-12H2,1-3H3. The summed E-state index contributed by atoms with van der Waals surface area (Å²) >= 11 is 0. The Kier molecular flexibility index (Phi) is 7.06. The van der Waals surface area contributed by atoms with Crippen LogP contribution in [0.3, 0.4) is 0 Å². The molecule has 1 aliphatic rings. The zero-order chi connectivity index (χ0) is 11.8. The number of nitrogens with zero attached hydrogens (tertiary/aromatic N) is 1. The van der Waals surface area contributed by atoms with Crippen LogP contribution in [0.15, 0.2) is 0 Å². The maximum absolute atomic E-state index is 3.51. The Labute approximate surface area is 102 Å². The maximum atomic E-state index is 3.51. The number of likely N-dealkylation sites (N-methyl/N-ethyl adjacent to an activating group) is 1. The largest absolute Gasteiger partial charge is 0.315 e. The highest BCUT2D eigenvalue weighted by molar-refractivity contribution is 4.79. The Morgan fingerprint density at radius 1 is 1.31 bits per heavy atom. The van der Waals surface area contributed by atoms with E-state index < -0.39 is 0 Å². The van der Waals surface area contributed by atoms with Crippen molar-refractivity contribution in [2.75, 3.05) is 26.2 Å². The highest BCUT2D eigenvalue weighted by atomic mass is 15.2. The molecule has 0 saturated carbocycles. The molecule has 0 spiro atoms. The number of piperidine rings is 1. The van der Waals surface area contributed by atoms with E-state index in [2.05, 4.69) is 31.0 Å². The summed E-state index contributed by atoms with van der Waals surface area (Å²) in [5.74, 6) is 0.868. The first-order valence-corrected chi connectivity index (χ1v) is 7.22. The minimum atomic E-state index is 0.799. The smallest absolute Gasteiger partial charge is 0.0220 e. The van der Waals surface area contributed by atoms with Crippen LogP contribution in [0.2, 0.25) is 0 Å². The van der Waals surface area contributed by atoms with Gasteiger partial charge in [0, 0.05) is 19.1 Å². The average Bonchev–Trinajstić information content (AvgIpc) is 2.28. The Morgan fingerprint density at radius 3 is 2.81 bits per heavy atom. The summed E-state index contributed by atoms with van der Waals surface area (Å²) in [6.45, 7) is 11.8. The lowest BCUT2D eigenvalue weighted by atomic mass is 9.98. The molecule has 0 aliphatic carbocycles. The van der Waals surface area contributed by atoms with Gasteiger partial charge < -0.3 is 5.32 Å². The molecule has 0 aromatic heterocycles. The summed E-state index contributed by atoms with van der Waals surface area (Å²) in [7, 11) is 0. The fourth-order valence-corrected chi connectivity index (χ4v) is 2.83. The minimum Gasteiger partial charge on any atom is -0.315 e. The molecule has 2 nitrogen and oxygen atoms in total. The van der Waals surface area contributed by atoms with Gasteiger partial charge in [-0.1, -0.05) is 33.6 Å². The minimum absolute atomic E-state index is 0.799. The monoisotopic (exact) mass is 226 g/mol. The number of hydrogen-bond donors (Lipinski definition) is 1. The van der Waals surface area contributed by atoms with Gasteiger partial charge in [0.15, 0.2) is 0 Å². The molecule has 1 N–H and O–H groups in total. The molecule has 96 valence electrons. The normalized spacial score (nSPS) is 24.6. The van der Waals surface area contributed by atoms with Gasteiger partial charge in [0.05, 0.1) is 0 Å². The Morgan fingerprint density at radius 2 is 2.12 bits per heavy atom. The van der Waals surface area contributed by atoms with Gasteiger partial charge in [-0.25, -0.2) is 0 Å². The molecule has 2 heteroatoms. The molecule has 0 aromatic rings. The molecule has 1 saturated heterocycles. The average molecular weight is 226 g/mol. The van der Waals surface area contributed by atoms with Crippen molar-refractivity contribution in [2.24, 2.45) is 5.92 Å². The summed E-state index contributed by atoms with van der Waals surface area (Å²) in [4.78, 5) is 2.73. The molecule has 2 atom stereocenters. The van der Waals surface area contributed by atoms with Gasteiger partial charge in [-0.15, -0.1) is 0 Å². The van der Waals surface area contributed by atoms with Crippen LogP contribution in [-0.2, 0) is 0 Å². The van der Waals surface area contributed by atoms with Crippen molar-refractivity contribution in [1.82, 2.24) is 10.2 Å². The fourth-order valence-electron chi connectivity index (χ4n) is 2.83. The summed E-state index contributed by atoms with van der Waals surface area (Å²) in [6.07, 6.45) is 6.93. The van der Waals surface area contributed by atoms with Crippen LogP contribution in [0.1, 0.15) is 52.9 Å². The van der Waals surface area contributed by atoms with Crippen molar-refractivity contribution in [3.8, 4) is 0 Å². The molecule has 0 aromatic carbocycles. The van der Waals surface area contributed by atoms with E-state index in [1.165, 1.54) is 51.7 Å². The van der Waals surface area contributed by atoms with Gasteiger partial charge in [-0.05, 0) is 38.3 Å². The van der Waals surface area contributed by atoms with Crippen LogP contribution < -0.4 is 5.32 Å². The third-order valence-corrected chi connectivity index (χ3v) is 3.71. The zero-order valence-corrected chi connectivity index (χ0v) is 11.5. The third-order valence-electron chi connectivity index (χ3n) is 3.71. The molecule has 0 amide bonds. The predicted octanol–water partition coefficient (Wildman–Crippen LogP) is 2.89. The second-order valence-electron chi connectivity index (χ2n) is 5.35. The molecule has 1 rings (SSSR count). The Bertz CT molecular complexity index is 170. The lowest BCUT2D eigenvalue weighted by Crippen LogP contribution is -2.47. The van der Waals surface area contributed by atoms with E-state index >= 15 is 0 Å². The predicted molar refractivity (Wildman–Crippen MR) is 71.8 cm³/mol. The molecule has 1 aliphatic heterocycles. The quantitative estimate of drug-likeness (QED) is 0.718. The molecule has 16 heavy (non-hydrogen) atoms. The highest BCUT2D eigenvalue weighted by Gasteiger charge is 2.22. The SMILES string of the molecule is CCCC(C)CN1CCCCC1CNCC. The first kappa shape index (κ1) is 14.0. The van der Waals surface area contributed by atoms with E-state index in [-0.39, 0.29) is 0 Å². The topological polar surface area (TPSA) is 15.3 Å². The van der Waals surface area contributed by atoms with E-state index in [1.54, 1.807) is 0 Å². The van der Waals surface area contributed by atoms with Gasteiger partial charge in [-0.2, -0.15) is 0 Å². The second kappa shape index (κ2) is 8.08. The van der Waals surface area contributed by atoms with Crippen LogP contribution in [0.25, 0.3) is 0 Å². The molecule has 1 heterocycles. The van der Waals surface area contributed by atoms with Crippen LogP contribution in [0.5, 0.6) is 0 Å². The van der Waals surface area contributed by atoms with Gasteiger partial charge in [0.1, 0.15) is 0 Å². The third kappa shape index (κ3) is 4.84. The summed E-state index contributed by atoms with van der Waals surface area (Å²) in [6, 6.07) is 0.799. The van der Waals surface area contributed by atoms with E-state index in [9.17, 15) is 0 Å². The van der Waals surface area contributed by atoms with E-state index in [1.807, 2.05) is 0 Å². The van der Waals surface area contributed by atoms with Crippen molar-refractivity contribution in [2.45, 2.75) is 58.9 Å². The second-order valence-corrected chi connectivity index (χ2v) is 5.35. The van der Waals surface area contributed by atoms with E-state index in [0.717, 1.165) is 18.5 Å². The first-order valence-electron chi connectivity index (χ1n) is 7.22. The molecule has 0 radical (unpaired) electrons. The van der Waals surface area contributed by atoms with Crippen molar-refractivity contribution < 1.29 is 0 Å². The van der Waals surface area contributed by atoms with Crippen molar-refractivity contribution in [3.63, 3.8) is 0 Å². The molecule has 2 unspecified atom stereocenters. The lowest BCUT2D eigenvalue weighted by molar-refractivity contribution is 0.124. The highest BCUT2D eigenvalue weighted by Crippen LogP contribution is 2.19. The van der Waals surface area contributed by atoms with Crippen molar-refractivity contribution in [1.29, 1.82) is 0 Å². The molecule has 1 fully saturated rings. The summed E-state index contributed by atoms with van der Waals surface area (Å²) in [5, 5.41) is 3.51. The van der Waals surface area contributed by atoms with Gasteiger partial charge in [-0.3, -0.25) is 4.90 Å². The van der Waals surface area contributed by atoms with Gasteiger partial charge in [0.25, 0.3) is 0 Å². The first-order chi connectivity index (χ1) is 7.77. The van der Waals surface area contributed by atoms with Crippen LogP contribution in [-0.4, -0.2) is 37.1 Å². The van der Waals surface area contributed by atoms with Crippen molar-refractivity contribution in [3.05, 3.63) is 0 Å². The summed E-state index contributed by atoms with van der Waals surface area (Å²) < 4.78 is 0. The van der Waals surface area contributed by atoms with Crippen LogP contribution in [0, 0.1) is 5.92 Å². The maximum Gasteiger partial charge on any atom is 0.0220 e. The molecular formula is C14H30N2. The number of likely N-dealkylation sites (tertiary alicyclic amines) is 1. The summed E-state index contributed by atoms with van der Waals surface area (Å²) in [5.41, 5.74) is 0. The molecular weight excluding hydrogens is 196 g/mol. The Balaban J connectivity index is 2.33. The number of nitrogens with one attached hydrogen (secondary N) is 1. The lowest BCUT2D eigenvalue weighted by Gasteiger charge is -2.37. The van der Waals surface area contributed by atoms with Crippen LogP contribution in [0.4, 0.5) is 0 Å². The van der Waals surface area contributed by atoms with Crippen molar-refractivity contribution >= 4 is 0 Å². The number of rotatable bonds is 7. The van der Waals surface area contributed by atoms with E-state index in [4.69, 9.17) is 0 Å². The fraction of sp³-hybridized carbons (Fsp3) is 1.00. The van der Waals surface area contributed by atoms with Gasteiger partial charge >= 0.3 is 0 Å². The zero-order valence-electron chi connectivity index (χ0n) is 11.5. The Hall–Kier alpha value is -0.0800. The molecule has 0 bridgehead atoms. The number of hydrogen-bond acceptors (Lipinski definition) is 2. The van der Waals surface area contributed by atoms with Crippen LogP contribution >= 0.6 is 0 Å².